The summed E-state index contributed by atoms with van der Waals surface area (Å²) in [5.41, 5.74) is 2.84. The molecule has 0 spiro atoms. The van der Waals surface area contributed by atoms with Gasteiger partial charge < -0.3 is 9.73 Å². The Balaban J connectivity index is 1.66. The maximum atomic E-state index is 11.5. The number of aryl methyl sites for hydroxylation is 1. The van der Waals surface area contributed by atoms with Crippen LogP contribution in [-0.2, 0) is 10.8 Å². The molecule has 2 heterocycles. The number of nitrogens with one attached hydrogen (secondary N) is 1. The van der Waals surface area contributed by atoms with Gasteiger partial charge in [-0.05, 0) is 38.5 Å². The lowest BCUT2D eigenvalue weighted by Crippen LogP contribution is -2.53. The van der Waals surface area contributed by atoms with Gasteiger partial charge in [-0.1, -0.05) is 6.07 Å². The number of hydrogen-bond donors (Lipinski definition) is 1. The first kappa shape index (κ1) is 15.5. The number of nitrogens with zero attached hydrogens (tertiary/aromatic N) is 2. The summed E-state index contributed by atoms with van der Waals surface area (Å²) in [6.45, 7) is 8.94. The molecule has 120 valence electrons. The summed E-state index contributed by atoms with van der Waals surface area (Å²) in [6.07, 6.45) is 0. The third-order valence-electron chi connectivity index (χ3n) is 4.25. The molecule has 1 fully saturated rings. The van der Waals surface area contributed by atoms with Crippen LogP contribution < -0.4 is 5.32 Å². The number of anilines is 1. The minimum Gasteiger partial charge on any atom is -0.424 e. The molecule has 0 amide bonds. The van der Waals surface area contributed by atoms with Crippen LogP contribution in [0.4, 0.5) is 6.01 Å². The Labute approximate surface area is 133 Å². The highest BCUT2D eigenvalue weighted by Gasteiger charge is 2.29. The average molecular weight is 321 g/mol. The van der Waals surface area contributed by atoms with Crippen molar-refractivity contribution >= 4 is 27.9 Å². The van der Waals surface area contributed by atoms with Crippen molar-refractivity contribution in [1.82, 2.24) is 9.88 Å². The molecule has 0 atom stereocenters. The highest BCUT2D eigenvalue weighted by molar-refractivity contribution is 7.85. The van der Waals surface area contributed by atoms with Crippen LogP contribution >= 0.6 is 0 Å². The fraction of sp³-hybridized carbons (Fsp3) is 0.562. The van der Waals surface area contributed by atoms with E-state index in [0.29, 0.717) is 6.01 Å². The van der Waals surface area contributed by atoms with E-state index in [0.717, 1.165) is 42.2 Å². The van der Waals surface area contributed by atoms with Gasteiger partial charge in [-0.15, -0.1) is 0 Å². The number of fused-ring (bicyclic) bond motifs is 1. The molecule has 6 heteroatoms. The standard InChI is InChI=1S/C16H23N3O2S/c1-12-4-5-14-13(10-12)18-15(21-14)17-11-16(2,3)19-6-8-22(20)9-7-19/h4-5,10H,6-9,11H2,1-3H3,(H,17,18). The molecule has 2 aromatic rings. The normalized spacial score (nSPS) is 18.0. The van der Waals surface area contributed by atoms with E-state index in [-0.39, 0.29) is 5.54 Å². The van der Waals surface area contributed by atoms with Gasteiger partial charge in [-0.2, -0.15) is 4.98 Å². The molecule has 0 saturated carbocycles. The molecule has 1 aromatic heterocycles. The van der Waals surface area contributed by atoms with Crippen molar-refractivity contribution < 1.29 is 8.63 Å². The monoisotopic (exact) mass is 321 g/mol. The second-order valence-electron chi connectivity index (χ2n) is 6.49. The molecule has 0 unspecified atom stereocenters. The molecule has 1 N–H and O–H groups in total. The zero-order valence-corrected chi connectivity index (χ0v) is 14.2. The second-order valence-corrected chi connectivity index (χ2v) is 8.19. The fourth-order valence-electron chi connectivity index (χ4n) is 2.76. The molecule has 1 aliphatic rings. The van der Waals surface area contributed by atoms with Gasteiger partial charge in [0.15, 0.2) is 5.58 Å². The fourth-order valence-corrected chi connectivity index (χ4v) is 3.81. The van der Waals surface area contributed by atoms with E-state index in [4.69, 9.17) is 4.42 Å². The number of rotatable bonds is 4. The van der Waals surface area contributed by atoms with Gasteiger partial charge in [-0.3, -0.25) is 9.11 Å². The van der Waals surface area contributed by atoms with Crippen LogP contribution in [0.2, 0.25) is 0 Å². The summed E-state index contributed by atoms with van der Waals surface area (Å²) >= 11 is 0. The maximum Gasteiger partial charge on any atom is 0.295 e. The van der Waals surface area contributed by atoms with Crippen molar-refractivity contribution in [3.8, 4) is 0 Å². The number of benzene rings is 1. The van der Waals surface area contributed by atoms with E-state index < -0.39 is 10.8 Å². The summed E-state index contributed by atoms with van der Waals surface area (Å²) in [4.78, 5) is 6.87. The lowest BCUT2D eigenvalue weighted by molar-refractivity contribution is 0.144. The van der Waals surface area contributed by atoms with E-state index in [2.05, 4.69) is 29.0 Å². The van der Waals surface area contributed by atoms with Gasteiger partial charge >= 0.3 is 0 Å². The minimum absolute atomic E-state index is 0.0266. The summed E-state index contributed by atoms with van der Waals surface area (Å²) < 4.78 is 17.2. The molecule has 1 aliphatic heterocycles. The molecular weight excluding hydrogens is 298 g/mol. The highest BCUT2D eigenvalue weighted by atomic mass is 32.2. The summed E-state index contributed by atoms with van der Waals surface area (Å²) in [7, 11) is -0.641. The molecule has 1 aromatic carbocycles. The molecule has 0 bridgehead atoms. The summed E-state index contributed by atoms with van der Waals surface area (Å²) in [5, 5.41) is 3.31. The van der Waals surface area contributed by atoms with Crippen LogP contribution in [-0.4, -0.2) is 50.8 Å². The van der Waals surface area contributed by atoms with Crippen molar-refractivity contribution in [3.05, 3.63) is 23.8 Å². The predicted molar refractivity (Wildman–Crippen MR) is 90.8 cm³/mol. The Kier molecular flexibility index (Phi) is 4.23. The molecule has 3 rings (SSSR count). The van der Waals surface area contributed by atoms with Crippen LogP contribution in [0.3, 0.4) is 0 Å². The van der Waals surface area contributed by atoms with Crippen molar-refractivity contribution in [2.24, 2.45) is 0 Å². The van der Waals surface area contributed by atoms with Crippen molar-refractivity contribution in [3.63, 3.8) is 0 Å². The molecule has 5 nitrogen and oxygen atoms in total. The molecule has 0 radical (unpaired) electrons. The van der Waals surface area contributed by atoms with Crippen LogP contribution in [0.5, 0.6) is 0 Å². The van der Waals surface area contributed by atoms with Gasteiger partial charge in [0.05, 0.1) is 0 Å². The maximum absolute atomic E-state index is 11.5. The van der Waals surface area contributed by atoms with E-state index in [1.807, 2.05) is 25.1 Å². The second kappa shape index (κ2) is 6.01. The Bertz CT molecular complexity index is 686. The first-order valence-corrected chi connectivity index (χ1v) is 9.14. The van der Waals surface area contributed by atoms with E-state index >= 15 is 0 Å². The SMILES string of the molecule is Cc1ccc2oc(NCC(C)(C)N3CCS(=O)CC3)nc2c1. The van der Waals surface area contributed by atoms with Crippen LogP contribution in [0.25, 0.3) is 11.1 Å². The lowest BCUT2D eigenvalue weighted by atomic mass is 10.0. The zero-order valence-electron chi connectivity index (χ0n) is 13.4. The van der Waals surface area contributed by atoms with Gasteiger partial charge in [0, 0.05) is 47.5 Å². The lowest BCUT2D eigenvalue weighted by Gasteiger charge is -2.40. The van der Waals surface area contributed by atoms with Crippen LogP contribution in [0.15, 0.2) is 22.6 Å². The first-order chi connectivity index (χ1) is 10.4. The minimum atomic E-state index is -0.641. The van der Waals surface area contributed by atoms with Crippen LogP contribution in [0.1, 0.15) is 19.4 Å². The summed E-state index contributed by atoms with van der Waals surface area (Å²) in [5.74, 6) is 1.54. The van der Waals surface area contributed by atoms with Gasteiger partial charge in [0.2, 0.25) is 0 Å². The van der Waals surface area contributed by atoms with Gasteiger partial charge in [0.1, 0.15) is 5.52 Å². The number of hydrogen-bond acceptors (Lipinski definition) is 5. The smallest absolute Gasteiger partial charge is 0.295 e. The van der Waals surface area contributed by atoms with Crippen molar-refractivity contribution in [1.29, 1.82) is 0 Å². The molecular formula is C16H23N3O2S. The van der Waals surface area contributed by atoms with Gasteiger partial charge in [-0.25, -0.2) is 0 Å². The number of oxazole rings is 1. The third kappa shape index (κ3) is 3.33. The summed E-state index contributed by atoms with van der Waals surface area (Å²) in [6, 6.07) is 6.56. The van der Waals surface area contributed by atoms with Gasteiger partial charge in [0.25, 0.3) is 6.01 Å². The highest BCUT2D eigenvalue weighted by Crippen LogP contribution is 2.22. The predicted octanol–water partition coefficient (Wildman–Crippen LogP) is 2.39. The third-order valence-corrected chi connectivity index (χ3v) is 5.52. The Morgan fingerprint density at radius 2 is 2.09 bits per heavy atom. The van der Waals surface area contributed by atoms with E-state index in [1.54, 1.807) is 0 Å². The number of aromatic nitrogens is 1. The average Bonchev–Trinajstić information content (AvgIpc) is 2.88. The quantitative estimate of drug-likeness (QED) is 0.937. The zero-order chi connectivity index (χ0) is 15.7. The van der Waals surface area contributed by atoms with E-state index in [1.165, 1.54) is 5.56 Å². The first-order valence-electron chi connectivity index (χ1n) is 7.65. The van der Waals surface area contributed by atoms with Crippen molar-refractivity contribution in [2.45, 2.75) is 26.3 Å². The Hall–Kier alpha value is -1.40. The Morgan fingerprint density at radius 1 is 1.36 bits per heavy atom. The molecule has 0 aliphatic carbocycles. The topological polar surface area (TPSA) is 58.4 Å². The van der Waals surface area contributed by atoms with E-state index in [9.17, 15) is 4.21 Å². The molecule has 22 heavy (non-hydrogen) atoms. The Morgan fingerprint density at radius 3 is 2.82 bits per heavy atom. The van der Waals surface area contributed by atoms with Crippen molar-refractivity contribution in [2.75, 3.05) is 36.5 Å². The largest absolute Gasteiger partial charge is 0.424 e. The van der Waals surface area contributed by atoms with Crippen LogP contribution in [0, 0.1) is 6.92 Å². The molecule has 1 saturated heterocycles.